The molecule has 1 atom stereocenters. The molecule has 3 N–H and O–H groups in total. The van der Waals surface area contributed by atoms with Gasteiger partial charge in [-0.15, -0.1) is 0 Å². The van der Waals surface area contributed by atoms with Gasteiger partial charge in [-0.05, 0) is 31.5 Å². The van der Waals surface area contributed by atoms with Crippen LogP contribution in [0.25, 0.3) is 11.1 Å². The van der Waals surface area contributed by atoms with E-state index in [2.05, 4.69) is 31.0 Å². The molecule has 142 valence electrons. The van der Waals surface area contributed by atoms with E-state index in [9.17, 15) is 0 Å². The van der Waals surface area contributed by atoms with Crippen molar-refractivity contribution >= 4 is 17.5 Å². The maximum absolute atomic E-state index is 8.87. The van der Waals surface area contributed by atoms with Crippen LogP contribution < -0.4 is 16.0 Å². The van der Waals surface area contributed by atoms with Crippen LogP contribution in [0, 0.1) is 11.3 Å². The predicted octanol–water partition coefficient (Wildman–Crippen LogP) is 2.05. The molecular formula is C19H21N9. The molecule has 0 amide bonds. The minimum Gasteiger partial charge on any atom is -0.365 e. The smallest absolute Gasteiger partial charge is 0.229 e. The number of rotatable bonds is 5. The van der Waals surface area contributed by atoms with Gasteiger partial charge in [0.05, 0.1) is 18.1 Å². The van der Waals surface area contributed by atoms with Crippen molar-refractivity contribution in [1.29, 1.82) is 5.26 Å². The summed E-state index contributed by atoms with van der Waals surface area (Å²) in [4.78, 5) is 13.2. The molecule has 0 aliphatic carbocycles. The molecule has 9 heteroatoms. The minimum absolute atomic E-state index is 0.309. The van der Waals surface area contributed by atoms with Gasteiger partial charge < -0.3 is 16.0 Å². The van der Waals surface area contributed by atoms with Gasteiger partial charge in [0.1, 0.15) is 17.6 Å². The van der Waals surface area contributed by atoms with Crippen molar-refractivity contribution in [3.8, 4) is 17.2 Å². The molecule has 3 aromatic heterocycles. The number of hydrogen-bond acceptors (Lipinski definition) is 8. The Morgan fingerprint density at radius 1 is 1.25 bits per heavy atom. The Hall–Kier alpha value is -3.51. The van der Waals surface area contributed by atoms with E-state index >= 15 is 0 Å². The Labute approximate surface area is 162 Å². The van der Waals surface area contributed by atoms with Crippen molar-refractivity contribution < 1.29 is 0 Å². The van der Waals surface area contributed by atoms with Gasteiger partial charge in [-0.1, -0.05) is 0 Å². The average Bonchev–Trinajstić information content (AvgIpc) is 3.16. The van der Waals surface area contributed by atoms with Gasteiger partial charge in [-0.3, -0.25) is 4.68 Å². The third kappa shape index (κ3) is 4.07. The van der Waals surface area contributed by atoms with Crippen molar-refractivity contribution in [2.24, 2.45) is 7.05 Å². The monoisotopic (exact) mass is 375 g/mol. The van der Waals surface area contributed by atoms with Crippen LogP contribution in [0.5, 0.6) is 0 Å². The van der Waals surface area contributed by atoms with E-state index in [1.807, 2.05) is 19.3 Å². The molecule has 0 bridgehead atoms. The van der Waals surface area contributed by atoms with E-state index < -0.39 is 0 Å². The lowest BCUT2D eigenvalue weighted by Crippen LogP contribution is -2.38. The van der Waals surface area contributed by atoms with E-state index in [1.54, 1.807) is 35.4 Å². The molecule has 0 saturated carbocycles. The predicted molar refractivity (Wildman–Crippen MR) is 106 cm³/mol. The highest BCUT2D eigenvalue weighted by atomic mass is 15.2. The van der Waals surface area contributed by atoms with Gasteiger partial charge >= 0.3 is 0 Å². The summed E-state index contributed by atoms with van der Waals surface area (Å²) in [5.74, 6) is 1.23. The molecule has 4 heterocycles. The Morgan fingerprint density at radius 2 is 2.18 bits per heavy atom. The SMILES string of the molecule is Cn1cc(-c2cnc(Nc3ccc(C#N)nc3)nc2NC2CCCNC2)cn1. The zero-order valence-corrected chi connectivity index (χ0v) is 15.6. The number of aryl methyl sites for hydroxylation is 1. The minimum atomic E-state index is 0.309. The molecular weight excluding hydrogens is 354 g/mol. The first-order valence-corrected chi connectivity index (χ1v) is 9.18. The van der Waals surface area contributed by atoms with Crippen LogP contribution in [0.3, 0.4) is 0 Å². The Morgan fingerprint density at radius 3 is 2.86 bits per heavy atom. The second-order valence-electron chi connectivity index (χ2n) is 6.72. The molecule has 4 rings (SSSR count). The van der Waals surface area contributed by atoms with Crippen molar-refractivity contribution in [3.63, 3.8) is 0 Å². The number of pyridine rings is 1. The fourth-order valence-electron chi connectivity index (χ4n) is 3.16. The van der Waals surface area contributed by atoms with E-state index in [0.717, 1.165) is 48.6 Å². The normalized spacial score (nSPS) is 16.4. The summed E-state index contributed by atoms with van der Waals surface area (Å²) in [7, 11) is 1.89. The summed E-state index contributed by atoms with van der Waals surface area (Å²) in [5.41, 5.74) is 2.95. The molecule has 1 aliphatic heterocycles. The Balaban J connectivity index is 1.62. The highest BCUT2D eigenvalue weighted by Gasteiger charge is 2.17. The Kier molecular flexibility index (Phi) is 5.12. The quantitative estimate of drug-likeness (QED) is 0.620. The molecule has 0 radical (unpaired) electrons. The molecule has 1 fully saturated rings. The van der Waals surface area contributed by atoms with E-state index in [4.69, 9.17) is 10.2 Å². The second kappa shape index (κ2) is 8.02. The summed E-state index contributed by atoms with van der Waals surface area (Å²) >= 11 is 0. The molecule has 1 unspecified atom stereocenters. The summed E-state index contributed by atoms with van der Waals surface area (Å²) in [6, 6.07) is 5.75. The largest absolute Gasteiger partial charge is 0.365 e. The van der Waals surface area contributed by atoms with Crippen LogP contribution in [0.15, 0.2) is 36.9 Å². The molecule has 1 saturated heterocycles. The number of nitrogens with zero attached hydrogens (tertiary/aromatic N) is 6. The second-order valence-corrected chi connectivity index (χ2v) is 6.72. The topological polar surface area (TPSA) is 116 Å². The van der Waals surface area contributed by atoms with Gasteiger partial charge in [0, 0.05) is 43.2 Å². The standard InChI is InChI=1S/C19H21N9/c1-28-12-13(8-24-28)17-11-23-19(26-16-5-4-14(7-20)22-10-16)27-18(17)25-15-3-2-6-21-9-15/h4-5,8,10-12,15,21H,2-3,6,9H2,1H3,(H2,23,25,26,27). The number of nitrogens with one attached hydrogen (secondary N) is 3. The van der Waals surface area contributed by atoms with Gasteiger partial charge in [0.2, 0.25) is 5.95 Å². The first kappa shape index (κ1) is 17.9. The molecule has 28 heavy (non-hydrogen) atoms. The first-order valence-electron chi connectivity index (χ1n) is 9.18. The van der Waals surface area contributed by atoms with Crippen LogP contribution in [0.4, 0.5) is 17.5 Å². The van der Waals surface area contributed by atoms with Gasteiger partial charge in [0.15, 0.2) is 0 Å². The molecule has 1 aliphatic rings. The van der Waals surface area contributed by atoms with Crippen LogP contribution in [-0.4, -0.2) is 43.9 Å². The summed E-state index contributed by atoms with van der Waals surface area (Å²) in [6.07, 6.45) is 9.36. The molecule has 9 nitrogen and oxygen atoms in total. The summed E-state index contributed by atoms with van der Waals surface area (Å²) in [5, 5.41) is 23.2. The lowest BCUT2D eigenvalue weighted by Gasteiger charge is -2.25. The van der Waals surface area contributed by atoms with Gasteiger partial charge in [-0.25, -0.2) is 9.97 Å². The maximum Gasteiger partial charge on any atom is 0.229 e. The van der Waals surface area contributed by atoms with Crippen molar-refractivity contribution in [1.82, 2.24) is 30.0 Å². The third-order valence-corrected chi connectivity index (χ3v) is 4.58. The van der Waals surface area contributed by atoms with E-state index in [1.165, 1.54) is 0 Å². The number of nitriles is 1. The van der Waals surface area contributed by atoms with Crippen LogP contribution in [0.2, 0.25) is 0 Å². The highest BCUT2D eigenvalue weighted by Crippen LogP contribution is 2.28. The zero-order chi connectivity index (χ0) is 19.3. The number of piperidine rings is 1. The number of anilines is 3. The van der Waals surface area contributed by atoms with Crippen molar-refractivity contribution in [3.05, 3.63) is 42.6 Å². The molecule has 0 spiro atoms. The Bertz CT molecular complexity index is 981. The summed E-state index contributed by atoms with van der Waals surface area (Å²) in [6.45, 7) is 1.95. The maximum atomic E-state index is 8.87. The lowest BCUT2D eigenvalue weighted by atomic mass is 10.1. The average molecular weight is 375 g/mol. The third-order valence-electron chi connectivity index (χ3n) is 4.58. The fraction of sp³-hybridized carbons (Fsp3) is 0.316. The first-order chi connectivity index (χ1) is 13.7. The van der Waals surface area contributed by atoms with Crippen molar-refractivity contribution in [2.45, 2.75) is 18.9 Å². The molecule has 0 aromatic carbocycles. The van der Waals surface area contributed by atoms with E-state index in [0.29, 0.717) is 17.7 Å². The van der Waals surface area contributed by atoms with Crippen LogP contribution >= 0.6 is 0 Å². The fourth-order valence-corrected chi connectivity index (χ4v) is 3.16. The van der Waals surface area contributed by atoms with Crippen LogP contribution in [0.1, 0.15) is 18.5 Å². The zero-order valence-electron chi connectivity index (χ0n) is 15.6. The summed E-state index contributed by atoms with van der Waals surface area (Å²) < 4.78 is 1.76. The van der Waals surface area contributed by atoms with E-state index in [-0.39, 0.29) is 0 Å². The van der Waals surface area contributed by atoms with Gasteiger partial charge in [0.25, 0.3) is 0 Å². The number of hydrogen-bond donors (Lipinski definition) is 3. The van der Waals surface area contributed by atoms with Crippen LogP contribution in [-0.2, 0) is 7.05 Å². The number of aromatic nitrogens is 5. The lowest BCUT2D eigenvalue weighted by molar-refractivity contribution is 0.479. The van der Waals surface area contributed by atoms with Gasteiger partial charge in [-0.2, -0.15) is 15.3 Å². The highest BCUT2D eigenvalue weighted by molar-refractivity contribution is 5.75. The molecule has 3 aromatic rings. The van der Waals surface area contributed by atoms with Crippen molar-refractivity contribution in [2.75, 3.05) is 23.7 Å².